The van der Waals surface area contributed by atoms with Crippen LogP contribution in [0, 0.1) is 5.92 Å². The van der Waals surface area contributed by atoms with Gasteiger partial charge in [-0.05, 0) is 18.8 Å². The van der Waals surface area contributed by atoms with Crippen LogP contribution < -0.4 is 0 Å². The Morgan fingerprint density at radius 3 is 2.91 bits per heavy atom. The van der Waals surface area contributed by atoms with E-state index in [1.54, 1.807) is 0 Å². The third kappa shape index (κ3) is 3.08. The number of carbonyl (C=O) groups is 1. The Bertz CT molecular complexity index is 792. The first kappa shape index (κ1) is 13.8. The number of imidazole rings is 1. The van der Waals surface area contributed by atoms with E-state index in [9.17, 15) is 13.6 Å². The second kappa shape index (κ2) is 6.51. The molecule has 126 valence electrons. The lowest BCUT2D eigenvalue weighted by atomic mass is 10.0. The Kier molecular flexibility index (Phi) is 3.91. The molecule has 5 nitrogen and oxygen atoms in total. The normalized spacial score (nSPS) is 22.2. The van der Waals surface area contributed by atoms with Crippen molar-refractivity contribution in [3.05, 3.63) is 16.4 Å². The fourth-order valence-corrected chi connectivity index (χ4v) is 3.63. The average Bonchev–Trinajstić information content (AvgIpc) is 3.14. The van der Waals surface area contributed by atoms with Crippen molar-refractivity contribution >= 4 is 22.2 Å². The van der Waals surface area contributed by atoms with Crippen molar-refractivity contribution in [1.82, 2.24) is 19.5 Å². The van der Waals surface area contributed by atoms with Crippen molar-refractivity contribution in [2.24, 2.45) is 5.92 Å². The Balaban J connectivity index is 2.00. The molecule has 3 rings (SSSR count). The minimum Gasteiger partial charge on any atom is -0.336 e. The molecule has 23 heavy (non-hydrogen) atoms. The van der Waals surface area contributed by atoms with E-state index in [1.807, 2.05) is 13.8 Å². The highest BCUT2D eigenvalue weighted by molar-refractivity contribution is 7.16. The lowest BCUT2D eigenvalue weighted by Crippen LogP contribution is -2.26. The number of fused-ring (bicyclic) bond motifs is 1. The number of nitrogens with zero attached hydrogens (tertiary/aromatic N) is 4. The van der Waals surface area contributed by atoms with Crippen molar-refractivity contribution < 1.29 is 16.3 Å². The molecule has 3 heterocycles. The fourth-order valence-electron chi connectivity index (χ4n) is 2.77. The topological polar surface area (TPSA) is 50.5 Å². The van der Waals surface area contributed by atoms with Crippen molar-refractivity contribution in [1.29, 1.82) is 0 Å². The van der Waals surface area contributed by atoms with Gasteiger partial charge in [0.2, 0.25) is 10.9 Å². The molecule has 0 aromatic carbocycles. The summed E-state index contributed by atoms with van der Waals surface area (Å²) in [6, 6.07) is 0. The van der Waals surface area contributed by atoms with Crippen molar-refractivity contribution in [3.63, 3.8) is 0 Å². The molecule has 2 aromatic rings. The molecule has 0 N–H and O–H groups in total. The predicted molar refractivity (Wildman–Crippen MR) is 83.6 cm³/mol. The maximum absolute atomic E-state index is 13.4. The molecule has 0 radical (unpaired) electrons. The Morgan fingerprint density at radius 2 is 2.26 bits per heavy atom. The van der Waals surface area contributed by atoms with Gasteiger partial charge in [-0.2, -0.15) is 5.10 Å². The lowest BCUT2D eigenvalue weighted by Gasteiger charge is -2.16. The van der Waals surface area contributed by atoms with E-state index in [0.29, 0.717) is 17.8 Å². The summed E-state index contributed by atoms with van der Waals surface area (Å²) in [5.74, 6) is -0.783. The van der Waals surface area contributed by atoms with E-state index < -0.39 is 24.5 Å². The number of rotatable bonds is 6. The average molecular weight is 344 g/mol. The number of likely N-dealkylation sites (tertiary alicyclic amines) is 1. The van der Waals surface area contributed by atoms with E-state index in [0.717, 1.165) is 16.3 Å². The molecule has 0 spiro atoms. The molecule has 1 fully saturated rings. The Labute approximate surface area is 140 Å². The summed E-state index contributed by atoms with van der Waals surface area (Å²) in [5.41, 5.74) is -0.334. The van der Waals surface area contributed by atoms with Gasteiger partial charge in [-0.1, -0.05) is 31.6 Å². The van der Waals surface area contributed by atoms with Crippen molar-refractivity contribution in [2.75, 3.05) is 6.50 Å². The van der Waals surface area contributed by atoms with Gasteiger partial charge in [-0.25, -0.2) is 18.3 Å². The van der Waals surface area contributed by atoms with E-state index in [1.165, 1.54) is 15.9 Å². The van der Waals surface area contributed by atoms with E-state index in [2.05, 4.69) is 10.1 Å². The van der Waals surface area contributed by atoms with Crippen LogP contribution in [0.4, 0.5) is 8.78 Å². The number of halogens is 2. The molecule has 1 aliphatic rings. The molecule has 1 amide bonds. The maximum atomic E-state index is 13.4. The van der Waals surface area contributed by atoms with Crippen LogP contribution in [0.25, 0.3) is 4.96 Å². The number of hydrogen-bond donors (Lipinski definition) is 0. The number of carbonyl (C=O) groups excluding carboxylic acids is 1. The summed E-state index contributed by atoms with van der Waals surface area (Å²) in [6.07, 6.45) is -0.709. The van der Waals surface area contributed by atoms with Crippen molar-refractivity contribution in [3.8, 4) is 0 Å². The largest absolute Gasteiger partial charge is 0.336 e. The lowest BCUT2D eigenvalue weighted by molar-refractivity contribution is -0.128. The van der Waals surface area contributed by atoms with Gasteiger partial charge in [0, 0.05) is 15.7 Å². The monoisotopic (exact) mass is 344 g/mol. The molecule has 1 aliphatic heterocycles. The number of aromatic nitrogens is 3. The summed E-state index contributed by atoms with van der Waals surface area (Å²) < 4.78 is 44.7. The summed E-state index contributed by atoms with van der Waals surface area (Å²) in [6.45, 7) is 1.73. The van der Waals surface area contributed by atoms with E-state index >= 15 is 0 Å². The second-order valence-corrected chi connectivity index (χ2v) is 6.63. The number of amides is 1. The zero-order chi connectivity index (χ0) is 18.4. The van der Waals surface area contributed by atoms with Gasteiger partial charge in [-0.3, -0.25) is 4.79 Å². The predicted octanol–water partition coefficient (Wildman–Crippen LogP) is 3.44. The van der Waals surface area contributed by atoms with Crippen LogP contribution in [0.15, 0.2) is 0 Å². The summed E-state index contributed by atoms with van der Waals surface area (Å²) >= 11 is 1.23. The van der Waals surface area contributed by atoms with Crippen LogP contribution in [0.1, 0.15) is 58.7 Å². The molecule has 0 aliphatic carbocycles. The van der Waals surface area contributed by atoms with Crippen LogP contribution in [-0.2, 0) is 17.8 Å². The molecule has 1 saturated heterocycles. The molecule has 8 heteroatoms. The first-order valence-corrected chi connectivity index (χ1v) is 8.57. The van der Waals surface area contributed by atoms with Gasteiger partial charge in [-0.15, -0.1) is 0 Å². The van der Waals surface area contributed by atoms with Crippen molar-refractivity contribution in [2.45, 2.75) is 52.5 Å². The molecular weight excluding hydrogens is 322 g/mol. The Hall–Kier alpha value is -1.57. The smallest absolute Gasteiger partial charge is 0.282 e. The van der Waals surface area contributed by atoms with Gasteiger partial charge in [0.1, 0.15) is 10.7 Å². The first-order valence-electron chi connectivity index (χ1n) is 8.75. The molecule has 0 bridgehead atoms. The van der Waals surface area contributed by atoms with Crippen LogP contribution in [0.2, 0.25) is 0 Å². The highest BCUT2D eigenvalue weighted by atomic mass is 32.1. The zero-order valence-corrected chi connectivity index (χ0v) is 13.9. The first-order chi connectivity index (χ1) is 11.8. The Morgan fingerprint density at radius 1 is 1.48 bits per heavy atom. The molecule has 0 unspecified atom stereocenters. The van der Waals surface area contributed by atoms with Gasteiger partial charge in [0.25, 0.3) is 6.43 Å². The maximum Gasteiger partial charge on any atom is 0.282 e. The summed E-state index contributed by atoms with van der Waals surface area (Å²) in [5, 5.41) is 5.04. The van der Waals surface area contributed by atoms with Gasteiger partial charge < -0.3 is 4.90 Å². The fraction of sp³-hybridized carbons (Fsp3) is 0.667. The number of alkyl halides is 2. The number of hydrogen-bond acceptors (Lipinski definition) is 4. The highest BCUT2D eigenvalue weighted by Crippen LogP contribution is 2.30. The van der Waals surface area contributed by atoms with Crippen LogP contribution in [-0.4, -0.2) is 31.9 Å². The SMILES string of the molecule is [2H]C1([2H])[C@H](CCC)CC(=O)N1Cc1c(C(F)F)nc2sc(CC)nn12. The van der Waals surface area contributed by atoms with E-state index in [4.69, 9.17) is 2.74 Å². The van der Waals surface area contributed by atoms with Crippen LogP contribution in [0.3, 0.4) is 0 Å². The van der Waals surface area contributed by atoms with Gasteiger partial charge in [0.05, 0.1) is 12.2 Å². The van der Waals surface area contributed by atoms with Gasteiger partial charge >= 0.3 is 0 Å². The summed E-state index contributed by atoms with van der Waals surface area (Å²) in [7, 11) is 0. The zero-order valence-electron chi connectivity index (χ0n) is 15.1. The number of aryl methyl sites for hydroxylation is 1. The highest BCUT2D eigenvalue weighted by Gasteiger charge is 2.32. The molecule has 1 atom stereocenters. The van der Waals surface area contributed by atoms with Crippen LogP contribution >= 0.6 is 11.3 Å². The molecular formula is C15H20F2N4OS. The van der Waals surface area contributed by atoms with Gasteiger partial charge in [0.15, 0.2) is 0 Å². The third-order valence-corrected chi connectivity index (χ3v) is 4.94. The summed E-state index contributed by atoms with van der Waals surface area (Å²) in [4.78, 5) is 17.7. The third-order valence-electron chi connectivity index (χ3n) is 3.88. The minimum atomic E-state index is -2.80. The molecule has 0 saturated carbocycles. The quantitative estimate of drug-likeness (QED) is 0.806. The molecule has 2 aromatic heterocycles. The second-order valence-electron chi connectivity index (χ2n) is 5.59. The minimum absolute atomic E-state index is 0.0929. The standard InChI is InChI=1S/C15H20F2N4OS/c1-3-5-9-6-12(22)20(7-9)8-10-13(14(16)17)18-15-21(10)19-11(4-2)23-15/h9,14H,3-8H2,1-2H3/t9-/m1/s1/i7D2. The van der Waals surface area contributed by atoms with Crippen LogP contribution in [0.5, 0.6) is 0 Å². The van der Waals surface area contributed by atoms with E-state index in [-0.39, 0.29) is 24.6 Å².